The number of ether oxygens (including phenoxy) is 1. The highest BCUT2D eigenvalue weighted by molar-refractivity contribution is 5.87. The van der Waals surface area contributed by atoms with E-state index in [9.17, 15) is 9.59 Å². The molecule has 6 heteroatoms. The van der Waals surface area contributed by atoms with Crippen LogP contribution in [0.25, 0.3) is 0 Å². The van der Waals surface area contributed by atoms with E-state index >= 15 is 0 Å². The standard InChI is InChI=1S/C19H33N3O3/c1-3-18(23)20-11-5-7-13-22-14-9-10-17(16-22)25-15-8-6-12-21-19(24)4-2/h3-4,17H,1-2,5-16H2,(H,20,23)(H,21,24). The number of likely N-dealkylation sites (tertiary alicyclic amines) is 1. The topological polar surface area (TPSA) is 70.7 Å². The van der Waals surface area contributed by atoms with Crippen molar-refractivity contribution in [3.63, 3.8) is 0 Å². The van der Waals surface area contributed by atoms with E-state index in [4.69, 9.17) is 4.74 Å². The van der Waals surface area contributed by atoms with Crippen LogP contribution in [0.2, 0.25) is 0 Å². The third-order valence-electron chi connectivity index (χ3n) is 4.26. The summed E-state index contributed by atoms with van der Waals surface area (Å²) in [5, 5.41) is 5.57. The first-order chi connectivity index (χ1) is 12.2. The van der Waals surface area contributed by atoms with Crippen LogP contribution in [0.15, 0.2) is 25.3 Å². The summed E-state index contributed by atoms with van der Waals surface area (Å²) in [6.45, 7) is 12.2. The lowest BCUT2D eigenvalue weighted by atomic mass is 10.1. The monoisotopic (exact) mass is 351 g/mol. The van der Waals surface area contributed by atoms with Crippen molar-refractivity contribution >= 4 is 11.8 Å². The van der Waals surface area contributed by atoms with Crippen LogP contribution in [0, 0.1) is 0 Å². The largest absolute Gasteiger partial charge is 0.377 e. The number of carbonyl (C=O) groups excluding carboxylic acids is 2. The Morgan fingerprint density at radius 1 is 1.04 bits per heavy atom. The van der Waals surface area contributed by atoms with Crippen molar-refractivity contribution in [3.05, 3.63) is 25.3 Å². The lowest BCUT2D eigenvalue weighted by molar-refractivity contribution is -0.117. The first kappa shape index (κ1) is 21.4. The molecule has 25 heavy (non-hydrogen) atoms. The fourth-order valence-corrected chi connectivity index (χ4v) is 2.86. The first-order valence-corrected chi connectivity index (χ1v) is 9.30. The zero-order chi connectivity index (χ0) is 18.3. The minimum atomic E-state index is -0.118. The molecule has 0 bridgehead atoms. The van der Waals surface area contributed by atoms with Crippen molar-refractivity contribution in [2.45, 2.75) is 44.6 Å². The highest BCUT2D eigenvalue weighted by Crippen LogP contribution is 2.14. The van der Waals surface area contributed by atoms with Gasteiger partial charge >= 0.3 is 0 Å². The van der Waals surface area contributed by atoms with Gasteiger partial charge in [-0.15, -0.1) is 0 Å². The molecule has 6 nitrogen and oxygen atoms in total. The second-order valence-electron chi connectivity index (χ2n) is 6.34. The van der Waals surface area contributed by atoms with Gasteiger partial charge in [0.2, 0.25) is 11.8 Å². The van der Waals surface area contributed by atoms with Crippen LogP contribution < -0.4 is 10.6 Å². The van der Waals surface area contributed by atoms with E-state index in [2.05, 4.69) is 28.7 Å². The number of hydrogen-bond donors (Lipinski definition) is 2. The molecule has 0 aliphatic carbocycles. The van der Waals surface area contributed by atoms with Crippen LogP contribution in [0.4, 0.5) is 0 Å². The smallest absolute Gasteiger partial charge is 0.243 e. The molecule has 142 valence electrons. The maximum atomic E-state index is 11.1. The van der Waals surface area contributed by atoms with E-state index in [-0.39, 0.29) is 11.8 Å². The van der Waals surface area contributed by atoms with E-state index in [1.54, 1.807) is 0 Å². The van der Waals surface area contributed by atoms with Crippen molar-refractivity contribution in [2.24, 2.45) is 0 Å². The SMILES string of the molecule is C=CC(=O)NCCCCOC1CCCN(CCCCNC(=O)C=C)C1. The number of nitrogens with zero attached hydrogens (tertiary/aromatic N) is 1. The number of piperidine rings is 1. The van der Waals surface area contributed by atoms with E-state index in [0.717, 1.165) is 58.3 Å². The van der Waals surface area contributed by atoms with Gasteiger partial charge in [0.05, 0.1) is 6.10 Å². The zero-order valence-corrected chi connectivity index (χ0v) is 15.3. The second-order valence-corrected chi connectivity index (χ2v) is 6.34. The molecular weight excluding hydrogens is 318 g/mol. The maximum absolute atomic E-state index is 11.1. The number of unbranched alkanes of at least 4 members (excludes halogenated alkanes) is 2. The molecule has 0 aromatic carbocycles. The Bertz CT molecular complexity index is 426. The van der Waals surface area contributed by atoms with Gasteiger partial charge in [-0.05, 0) is 63.8 Å². The predicted octanol–water partition coefficient (Wildman–Crippen LogP) is 1.63. The fourth-order valence-electron chi connectivity index (χ4n) is 2.86. The molecule has 0 aromatic rings. The summed E-state index contributed by atoms with van der Waals surface area (Å²) in [6, 6.07) is 0. The lowest BCUT2D eigenvalue weighted by Gasteiger charge is -2.32. The van der Waals surface area contributed by atoms with Crippen LogP contribution in [-0.4, -0.2) is 62.1 Å². The van der Waals surface area contributed by atoms with Crippen molar-refractivity contribution in [1.82, 2.24) is 15.5 Å². The molecule has 0 aromatic heterocycles. The summed E-state index contributed by atoms with van der Waals surface area (Å²) >= 11 is 0. The Morgan fingerprint density at radius 2 is 1.68 bits per heavy atom. The van der Waals surface area contributed by atoms with Crippen LogP contribution in [0.1, 0.15) is 38.5 Å². The highest BCUT2D eigenvalue weighted by Gasteiger charge is 2.19. The van der Waals surface area contributed by atoms with Gasteiger partial charge in [0.1, 0.15) is 0 Å². The number of nitrogens with one attached hydrogen (secondary N) is 2. The van der Waals surface area contributed by atoms with E-state index < -0.39 is 0 Å². The number of carbonyl (C=O) groups is 2. The van der Waals surface area contributed by atoms with Crippen molar-refractivity contribution in [2.75, 3.05) is 39.3 Å². The normalized spacial score (nSPS) is 17.7. The van der Waals surface area contributed by atoms with Gasteiger partial charge in [-0.1, -0.05) is 13.2 Å². The summed E-state index contributed by atoms with van der Waals surface area (Å²) in [5.74, 6) is -0.219. The van der Waals surface area contributed by atoms with Crippen molar-refractivity contribution in [3.8, 4) is 0 Å². The number of amides is 2. The molecule has 1 saturated heterocycles. The molecule has 0 radical (unpaired) electrons. The molecule has 0 spiro atoms. The van der Waals surface area contributed by atoms with Gasteiger partial charge in [0.25, 0.3) is 0 Å². The summed E-state index contributed by atoms with van der Waals surface area (Å²) < 4.78 is 5.98. The van der Waals surface area contributed by atoms with E-state index in [1.807, 2.05) is 0 Å². The minimum Gasteiger partial charge on any atom is -0.377 e. The summed E-state index contributed by atoms with van der Waals surface area (Å²) in [6.07, 6.45) is 9.15. The lowest BCUT2D eigenvalue weighted by Crippen LogP contribution is -2.40. The van der Waals surface area contributed by atoms with Gasteiger partial charge in [0, 0.05) is 26.2 Å². The van der Waals surface area contributed by atoms with Crippen molar-refractivity contribution < 1.29 is 14.3 Å². The Balaban J connectivity index is 2.02. The van der Waals surface area contributed by atoms with Crippen LogP contribution in [-0.2, 0) is 14.3 Å². The summed E-state index contributed by atoms with van der Waals surface area (Å²) in [4.78, 5) is 24.5. The summed E-state index contributed by atoms with van der Waals surface area (Å²) in [7, 11) is 0. The van der Waals surface area contributed by atoms with Gasteiger partial charge in [-0.25, -0.2) is 0 Å². The van der Waals surface area contributed by atoms with Crippen LogP contribution in [0.5, 0.6) is 0 Å². The van der Waals surface area contributed by atoms with E-state index in [1.165, 1.54) is 18.6 Å². The number of hydrogen-bond acceptors (Lipinski definition) is 4. The van der Waals surface area contributed by atoms with Crippen molar-refractivity contribution in [1.29, 1.82) is 0 Å². The average molecular weight is 351 g/mol. The Labute approximate surface area is 151 Å². The second kappa shape index (κ2) is 13.6. The maximum Gasteiger partial charge on any atom is 0.243 e. The van der Waals surface area contributed by atoms with Crippen LogP contribution >= 0.6 is 0 Å². The number of rotatable bonds is 13. The Kier molecular flexibility index (Phi) is 11.6. The molecule has 1 atom stereocenters. The fraction of sp³-hybridized carbons (Fsp3) is 0.684. The van der Waals surface area contributed by atoms with Gasteiger partial charge in [-0.3, -0.25) is 9.59 Å². The third kappa shape index (κ3) is 10.7. The quantitative estimate of drug-likeness (QED) is 0.391. The molecule has 1 aliphatic heterocycles. The molecule has 1 heterocycles. The molecule has 2 amide bonds. The molecule has 1 unspecified atom stereocenters. The van der Waals surface area contributed by atoms with Gasteiger partial charge < -0.3 is 20.3 Å². The summed E-state index contributed by atoms with van der Waals surface area (Å²) in [5.41, 5.74) is 0. The Morgan fingerprint density at radius 3 is 2.32 bits per heavy atom. The average Bonchev–Trinajstić information content (AvgIpc) is 2.64. The molecule has 1 fully saturated rings. The minimum absolute atomic E-state index is 0.101. The first-order valence-electron chi connectivity index (χ1n) is 9.30. The van der Waals surface area contributed by atoms with E-state index in [0.29, 0.717) is 19.2 Å². The van der Waals surface area contributed by atoms with Gasteiger partial charge in [0.15, 0.2) is 0 Å². The van der Waals surface area contributed by atoms with Gasteiger partial charge in [-0.2, -0.15) is 0 Å². The molecule has 2 N–H and O–H groups in total. The third-order valence-corrected chi connectivity index (χ3v) is 4.26. The highest BCUT2D eigenvalue weighted by atomic mass is 16.5. The zero-order valence-electron chi connectivity index (χ0n) is 15.3. The van der Waals surface area contributed by atoms with Crippen LogP contribution in [0.3, 0.4) is 0 Å². The molecule has 1 aliphatic rings. The molecule has 1 rings (SSSR count). The predicted molar refractivity (Wildman–Crippen MR) is 100 cm³/mol. The Hall–Kier alpha value is -1.66. The molecular formula is C19H33N3O3. The molecule has 0 saturated carbocycles.